The zero-order valence-electron chi connectivity index (χ0n) is 10.3. The van der Waals surface area contributed by atoms with E-state index in [1.807, 2.05) is 0 Å². The SMILES string of the molecule is CC(F)(CC1COCCN1)C1CCCCC1. The van der Waals surface area contributed by atoms with Crippen LogP contribution in [0.2, 0.25) is 0 Å². The number of halogens is 1. The summed E-state index contributed by atoms with van der Waals surface area (Å²) in [5.74, 6) is 0.268. The zero-order chi connectivity index (χ0) is 11.4. The van der Waals surface area contributed by atoms with Crippen LogP contribution in [-0.4, -0.2) is 31.5 Å². The van der Waals surface area contributed by atoms with Gasteiger partial charge in [0.25, 0.3) is 0 Å². The highest BCUT2D eigenvalue weighted by molar-refractivity contribution is 4.89. The lowest BCUT2D eigenvalue weighted by Gasteiger charge is -2.37. The van der Waals surface area contributed by atoms with Crippen molar-refractivity contribution in [2.45, 2.75) is 57.2 Å². The molecule has 16 heavy (non-hydrogen) atoms. The molecular weight excluding hydrogens is 205 g/mol. The van der Waals surface area contributed by atoms with Gasteiger partial charge in [-0.05, 0) is 32.1 Å². The molecule has 1 saturated heterocycles. The molecule has 3 heteroatoms. The molecule has 0 aromatic heterocycles. The van der Waals surface area contributed by atoms with Crippen LogP contribution in [0.15, 0.2) is 0 Å². The molecule has 1 aliphatic carbocycles. The van der Waals surface area contributed by atoms with Crippen molar-refractivity contribution in [1.82, 2.24) is 5.32 Å². The first-order valence-electron chi connectivity index (χ1n) is 6.68. The van der Waals surface area contributed by atoms with E-state index in [0.717, 1.165) is 26.0 Å². The normalized spacial score (nSPS) is 32.2. The molecule has 1 saturated carbocycles. The summed E-state index contributed by atoms with van der Waals surface area (Å²) in [5, 5.41) is 3.35. The topological polar surface area (TPSA) is 21.3 Å². The van der Waals surface area contributed by atoms with E-state index in [2.05, 4.69) is 5.32 Å². The highest BCUT2D eigenvalue weighted by atomic mass is 19.1. The summed E-state index contributed by atoms with van der Waals surface area (Å²) in [6.45, 7) is 4.10. The van der Waals surface area contributed by atoms with Gasteiger partial charge in [-0.2, -0.15) is 0 Å². The Bertz CT molecular complexity index is 208. The number of rotatable bonds is 3. The van der Waals surface area contributed by atoms with Gasteiger partial charge in [0.1, 0.15) is 5.67 Å². The Hall–Kier alpha value is -0.150. The molecule has 0 aromatic carbocycles. The standard InChI is InChI=1S/C13H24FNO/c1-13(14,11-5-3-2-4-6-11)9-12-10-16-8-7-15-12/h11-12,15H,2-10H2,1H3. The van der Waals surface area contributed by atoms with Gasteiger partial charge in [0, 0.05) is 12.6 Å². The second-order valence-electron chi connectivity index (χ2n) is 5.54. The Morgan fingerprint density at radius 1 is 1.31 bits per heavy atom. The monoisotopic (exact) mass is 229 g/mol. The smallest absolute Gasteiger partial charge is 0.112 e. The highest BCUT2D eigenvalue weighted by Crippen LogP contribution is 2.38. The largest absolute Gasteiger partial charge is 0.379 e. The molecule has 2 unspecified atom stereocenters. The minimum atomic E-state index is -1.02. The molecule has 2 fully saturated rings. The maximum Gasteiger partial charge on any atom is 0.112 e. The van der Waals surface area contributed by atoms with Crippen molar-refractivity contribution in [3.63, 3.8) is 0 Å². The Labute approximate surface area is 97.9 Å². The van der Waals surface area contributed by atoms with Gasteiger partial charge in [0.05, 0.1) is 13.2 Å². The fraction of sp³-hybridized carbons (Fsp3) is 1.00. The third-order valence-corrected chi connectivity index (χ3v) is 4.10. The molecule has 2 atom stereocenters. The molecule has 0 radical (unpaired) electrons. The van der Waals surface area contributed by atoms with Crippen LogP contribution in [0.4, 0.5) is 4.39 Å². The van der Waals surface area contributed by atoms with Gasteiger partial charge in [-0.15, -0.1) is 0 Å². The molecule has 0 spiro atoms. The first kappa shape index (κ1) is 12.3. The third-order valence-electron chi connectivity index (χ3n) is 4.10. The predicted molar refractivity (Wildman–Crippen MR) is 63.3 cm³/mol. The molecule has 0 bridgehead atoms. The van der Waals surface area contributed by atoms with Crippen molar-refractivity contribution in [1.29, 1.82) is 0 Å². The molecule has 1 heterocycles. The van der Waals surface area contributed by atoms with Crippen LogP contribution in [0, 0.1) is 5.92 Å². The van der Waals surface area contributed by atoms with Crippen molar-refractivity contribution in [2.24, 2.45) is 5.92 Å². The number of hydrogen-bond donors (Lipinski definition) is 1. The average Bonchev–Trinajstić information content (AvgIpc) is 2.31. The lowest BCUT2D eigenvalue weighted by molar-refractivity contribution is 0.0158. The Balaban J connectivity index is 1.84. The first-order chi connectivity index (χ1) is 7.68. The predicted octanol–water partition coefficient (Wildman–Crippen LogP) is 2.67. The van der Waals surface area contributed by atoms with Gasteiger partial charge in [-0.3, -0.25) is 0 Å². The van der Waals surface area contributed by atoms with Crippen LogP contribution < -0.4 is 5.32 Å². The summed E-state index contributed by atoms with van der Waals surface area (Å²) in [4.78, 5) is 0. The summed E-state index contributed by atoms with van der Waals surface area (Å²) in [7, 11) is 0. The Morgan fingerprint density at radius 3 is 2.69 bits per heavy atom. The maximum absolute atomic E-state index is 14.7. The molecular formula is C13H24FNO. The minimum absolute atomic E-state index is 0.214. The van der Waals surface area contributed by atoms with Crippen LogP contribution in [0.5, 0.6) is 0 Å². The lowest BCUT2D eigenvalue weighted by Crippen LogP contribution is -2.47. The zero-order valence-corrected chi connectivity index (χ0v) is 10.3. The number of alkyl halides is 1. The summed E-state index contributed by atoms with van der Waals surface area (Å²) in [6, 6.07) is 0.214. The summed E-state index contributed by atoms with van der Waals surface area (Å²) in [6.07, 6.45) is 6.45. The van der Waals surface area contributed by atoms with Crippen LogP contribution in [0.25, 0.3) is 0 Å². The quantitative estimate of drug-likeness (QED) is 0.803. The van der Waals surface area contributed by atoms with Crippen LogP contribution in [-0.2, 0) is 4.74 Å². The highest BCUT2D eigenvalue weighted by Gasteiger charge is 2.37. The van der Waals surface area contributed by atoms with E-state index < -0.39 is 5.67 Å². The van der Waals surface area contributed by atoms with E-state index in [1.165, 1.54) is 19.3 Å². The van der Waals surface area contributed by atoms with Gasteiger partial charge < -0.3 is 10.1 Å². The van der Waals surface area contributed by atoms with Crippen molar-refractivity contribution >= 4 is 0 Å². The second-order valence-corrected chi connectivity index (χ2v) is 5.54. The van der Waals surface area contributed by atoms with E-state index in [0.29, 0.717) is 13.0 Å². The van der Waals surface area contributed by atoms with Crippen LogP contribution in [0.1, 0.15) is 45.4 Å². The molecule has 1 aliphatic heterocycles. The van der Waals surface area contributed by atoms with E-state index in [9.17, 15) is 4.39 Å². The lowest BCUT2D eigenvalue weighted by atomic mass is 9.76. The summed E-state index contributed by atoms with van der Waals surface area (Å²) < 4.78 is 20.1. The fourth-order valence-electron chi connectivity index (χ4n) is 3.10. The molecule has 0 amide bonds. The van der Waals surface area contributed by atoms with Gasteiger partial charge in [0.2, 0.25) is 0 Å². The number of hydrogen-bond acceptors (Lipinski definition) is 2. The number of nitrogens with one attached hydrogen (secondary N) is 1. The molecule has 1 N–H and O–H groups in total. The van der Waals surface area contributed by atoms with Crippen molar-refractivity contribution in [2.75, 3.05) is 19.8 Å². The van der Waals surface area contributed by atoms with Gasteiger partial charge >= 0.3 is 0 Å². The first-order valence-corrected chi connectivity index (χ1v) is 6.68. The summed E-state index contributed by atoms with van der Waals surface area (Å²) >= 11 is 0. The molecule has 94 valence electrons. The minimum Gasteiger partial charge on any atom is -0.379 e. The van der Waals surface area contributed by atoms with E-state index in [4.69, 9.17) is 4.74 Å². The number of morpholine rings is 1. The van der Waals surface area contributed by atoms with Crippen molar-refractivity contribution < 1.29 is 9.13 Å². The van der Waals surface area contributed by atoms with Gasteiger partial charge in [-0.25, -0.2) is 4.39 Å². The van der Waals surface area contributed by atoms with Gasteiger partial charge in [-0.1, -0.05) is 19.3 Å². The van der Waals surface area contributed by atoms with E-state index in [1.54, 1.807) is 6.92 Å². The molecule has 2 nitrogen and oxygen atoms in total. The molecule has 2 aliphatic rings. The summed E-state index contributed by atoms with van der Waals surface area (Å²) in [5.41, 5.74) is -1.02. The van der Waals surface area contributed by atoms with Crippen LogP contribution in [0.3, 0.4) is 0 Å². The van der Waals surface area contributed by atoms with Crippen LogP contribution >= 0.6 is 0 Å². The maximum atomic E-state index is 14.7. The van der Waals surface area contributed by atoms with Crippen molar-refractivity contribution in [3.8, 4) is 0 Å². The molecule has 0 aromatic rings. The van der Waals surface area contributed by atoms with E-state index >= 15 is 0 Å². The number of ether oxygens (including phenoxy) is 1. The fourth-order valence-corrected chi connectivity index (χ4v) is 3.10. The third kappa shape index (κ3) is 3.17. The second kappa shape index (κ2) is 5.46. The van der Waals surface area contributed by atoms with Crippen molar-refractivity contribution in [3.05, 3.63) is 0 Å². The molecule has 2 rings (SSSR count). The van der Waals surface area contributed by atoms with E-state index in [-0.39, 0.29) is 12.0 Å². The Morgan fingerprint density at radius 2 is 2.06 bits per heavy atom. The Kier molecular flexibility index (Phi) is 4.20. The van der Waals surface area contributed by atoms with Gasteiger partial charge in [0.15, 0.2) is 0 Å². The average molecular weight is 229 g/mol.